The number of allylic oxidation sites excluding steroid dienone is 1. The lowest BCUT2D eigenvalue weighted by atomic mass is 10.4. The van der Waals surface area contributed by atoms with Gasteiger partial charge in [-0.3, -0.25) is 0 Å². The van der Waals surface area contributed by atoms with E-state index in [4.69, 9.17) is 11.6 Å². The second-order valence-electron chi connectivity index (χ2n) is 1.25. The van der Waals surface area contributed by atoms with Gasteiger partial charge in [-0.2, -0.15) is 0 Å². The van der Waals surface area contributed by atoms with Crippen LogP contribution in [-0.2, 0) is 0 Å². The van der Waals surface area contributed by atoms with Crippen LogP contribution in [0.4, 0.5) is 0 Å². The van der Waals surface area contributed by atoms with Gasteiger partial charge in [0.2, 0.25) is 0 Å². The Balaban J connectivity index is 3.73. The van der Waals surface area contributed by atoms with Crippen LogP contribution in [0.5, 0.6) is 0 Å². The van der Waals surface area contributed by atoms with Crippen LogP contribution in [0.1, 0.15) is 13.8 Å². The van der Waals surface area contributed by atoms with Gasteiger partial charge in [0.05, 0.1) is 0 Å². The quantitative estimate of drug-likeness (QED) is 0.412. The zero-order valence-electron chi connectivity index (χ0n) is 3.96. The lowest BCUT2D eigenvalue weighted by Crippen LogP contribution is -1.48. The van der Waals surface area contributed by atoms with Gasteiger partial charge in [-0.1, -0.05) is 11.6 Å². The molecule has 0 aromatic carbocycles. The summed E-state index contributed by atoms with van der Waals surface area (Å²) in [6.07, 6.45) is 0. The highest BCUT2D eigenvalue weighted by molar-refractivity contribution is 6.25. The van der Waals surface area contributed by atoms with E-state index in [2.05, 4.69) is 5.73 Å². The van der Waals surface area contributed by atoms with Crippen LogP contribution in [-0.4, -0.2) is 0 Å². The van der Waals surface area contributed by atoms with Crippen molar-refractivity contribution >= 4 is 11.6 Å². The molecule has 0 atom stereocenters. The first-order chi connectivity index (χ1) is 2.77. The molecule has 34 valence electrons. The predicted molar refractivity (Wildman–Crippen MR) is 28.8 cm³/mol. The molecule has 0 rings (SSSR count). The van der Waals surface area contributed by atoms with Crippen molar-refractivity contribution in [1.82, 2.24) is 0 Å². The highest BCUT2D eigenvalue weighted by Crippen LogP contribution is 1.83. The molecule has 0 aliphatic carbocycles. The van der Waals surface area contributed by atoms with Crippen LogP contribution in [0, 0.1) is 0 Å². The molecular formula is C5H7Cl. The zero-order valence-corrected chi connectivity index (χ0v) is 4.71. The van der Waals surface area contributed by atoms with Crippen molar-refractivity contribution < 1.29 is 0 Å². The molecular weight excluding hydrogens is 95.5 g/mol. The fraction of sp³-hybridized carbons (Fsp3) is 0.400. The number of hydrogen-bond donors (Lipinski definition) is 0. The van der Waals surface area contributed by atoms with Gasteiger partial charge in [-0.25, -0.2) is 0 Å². The molecule has 0 nitrogen and oxygen atoms in total. The molecule has 6 heavy (non-hydrogen) atoms. The highest BCUT2D eigenvalue weighted by Gasteiger charge is 1.61. The molecule has 0 saturated carbocycles. The van der Waals surface area contributed by atoms with Crippen LogP contribution in [0.2, 0.25) is 0 Å². The summed E-state index contributed by atoms with van der Waals surface area (Å²) in [7, 11) is 0. The molecule has 0 N–H and O–H groups in total. The minimum Gasteiger partial charge on any atom is -0.110 e. The second kappa shape index (κ2) is 3.02. The average molecular weight is 103 g/mol. The van der Waals surface area contributed by atoms with Crippen LogP contribution in [0.25, 0.3) is 0 Å². The van der Waals surface area contributed by atoms with Gasteiger partial charge >= 0.3 is 0 Å². The van der Waals surface area contributed by atoms with Crippen molar-refractivity contribution in [2.45, 2.75) is 13.8 Å². The van der Waals surface area contributed by atoms with Crippen molar-refractivity contribution in [2.24, 2.45) is 0 Å². The van der Waals surface area contributed by atoms with E-state index in [1.807, 2.05) is 13.8 Å². The van der Waals surface area contributed by atoms with Gasteiger partial charge in [0.1, 0.15) is 0 Å². The monoisotopic (exact) mass is 102 g/mol. The normalized spacial score (nSPS) is 6.50. The molecule has 0 aliphatic heterocycles. The first kappa shape index (κ1) is 5.81. The standard InChI is InChI=1S/C5H7Cl/c1-5(2)3-4-6/h4H,1-2H3. The third kappa shape index (κ3) is 3.81. The summed E-state index contributed by atoms with van der Waals surface area (Å²) in [5.74, 6) is 0. The van der Waals surface area contributed by atoms with E-state index in [1.54, 1.807) is 0 Å². The maximum atomic E-state index is 5.14. The fourth-order valence-electron chi connectivity index (χ4n) is 0.109. The van der Waals surface area contributed by atoms with Crippen molar-refractivity contribution in [1.29, 1.82) is 0 Å². The maximum absolute atomic E-state index is 5.14. The Kier molecular flexibility index (Phi) is 2.92. The van der Waals surface area contributed by atoms with E-state index in [0.29, 0.717) is 0 Å². The molecule has 0 aromatic heterocycles. The van der Waals surface area contributed by atoms with Gasteiger partial charge in [-0.05, 0) is 19.4 Å². The first-order valence-electron chi connectivity index (χ1n) is 1.76. The van der Waals surface area contributed by atoms with Crippen LogP contribution in [0.15, 0.2) is 16.8 Å². The Morgan fingerprint density at radius 2 is 2.17 bits per heavy atom. The minimum atomic E-state index is 1.10. The maximum Gasteiger partial charge on any atom is 0.0461 e. The molecule has 0 aromatic rings. The Morgan fingerprint density at radius 3 is 2.17 bits per heavy atom. The van der Waals surface area contributed by atoms with E-state index in [-0.39, 0.29) is 0 Å². The fourth-order valence-corrected chi connectivity index (χ4v) is 0.327. The van der Waals surface area contributed by atoms with E-state index >= 15 is 0 Å². The SMILES string of the molecule is CC(C)=C=CCl. The Bertz CT molecular complexity index is 82.1. The predicted octanol–water partition coefficient (Wildman–Crippen LogP) is 2.30. The molecule has 1 heteroatoms. The van der Waals surface area contributed by atoms with Crippen molar-refractivity contribution in [2.75, 3.05) is 0 Å². The van der Waals surface area contributed by atoms with Crippen LogP contribution >= 0.6 is 11.6 Å². The van der Waals surface area contributed by atoms with Crippen LogP contribution in [0.3, 0.4) is 0 Å². The third-order valence-electron chi connectivity index (χ3n) is 0.343. The topological polar surface area (TPSA) is 0 Å². The summed E-state index contributed by atoms with van der Waals surface area (Å²) in [5.41, 5.74) is 5.25. The molecule has 0 amide bonds. The van der Waals surface area contributed by atoms with E-state index in [0.717, 1.165) is 5.57 Å². The summed E-state index contributed by atoms with van der Waals surface area (Å²) < 4.78 is 0. The molecule has 0 bridgehead atoms. The molecule has 0 radical (unpaired) electrons. The second-order valence-corrected chi connectivity index (χ2v) is 1.47. The Labute approximate surface area is 43.1 Å². The molecule has 0 fully saturated rings. The van der Waals surface area contributed by atoms with Gasteiger partial charge < -0.3 is 0 Å². The lowest BCUT2D eigenvalue weighted by molar-refractivity contribution is 1.41. The van der Waals surface area contributed by atoms with Gasteiger partial charge in [-0.15, -0.1) is 5.73 Å². The number of halogens is 1. The van der Waals surface area contributed by atoms with Crippen molar-refractivity contribution in [3.8, 4) is 0 Å². The highest BCUT2D eigenvalue weighted by atomic mass is 35.5. The molecule has 0 heterocycles. The molecule has 0 unspecified atom stereocenters. The summed E-state index contributed by atoms with van der Waals surface area (Å²) in [6.45, 7) is 3.89. The Hall–Kier alpha value is -0.190. The summed E-state index contributed by atoms with van der Waals surface area (Å²) in [4.78, 5) is 0. The average Bonchev–Trinajstić information content (AvgIpc) is 1.35. The lowest BCUT2D eigenvalue weighted by Gasteiger charge is -1.69. The summed E-state index contributed by atoms with van der Waals surface area (Å²) in [6, 6.07) is 0. The van der Waals surface area contributed by atoms with Gasteiger partial charge in [0.15, 0.2) is 0 Å². The Morgan fingerprint density at radius 1 is 1.67 bits per heavy atom. The smallest absolute Gasteiger partial charge is 0.0461 e. The first-order valence-corrected chi connectivity index (χ1v) is 2.19. The number of rotatable bonds is 0. The summed E-state index contributed by atoms with van der Waals surface area (Å²) >= 11 is 5.14. The largest absolute Gasteiger partial charge is 0.110 e. The third-order valence-corrected chi connectivity index (χ3v) is 0.452. The van der Waals surface area contributed by atoms with E-state index < -0.39 is 0 Å². The van der Waals surface area contributed by atoms with Gasteiger partial charge in [0.25, 0.3) is 0 Å². The summed E-state index contributed by atoms with van der Waals surface area (Å²) in [5, 5.41) is 0. The molecule has 0 aliphatic rings. The van der Waals surface area contributed by atoms with Crippen molar-refractivity contribution in [3.05, 3.63) is 16.8 Å². The number of hydrogen-bond acceptors (Lipinski definition) is 0. The zero-order chi connectivity index (χ0) is 4.99. The van der Waals surface area contributed by atoms with Crippen molar-refractivity contribution in [3.63, 3.8) is 0 Å². The van der Waals surface area contributed by atoms with E-state index in [1.165, 1.54) is 5.54 Å². The molecule has 0 saturated heterocycles. The van der Waals surface area contributed by atoms with Crippen LogP contribution < -0.4 is 0 Å². The van der Waals surface area contributed by atoms with E-state index in [9.17, 15) is 0 Å². The van der Waals surface area contributed by atoms with Gasteiger partial charge in [0, 0.05) is 5.54 Å². The minimum absolute atomic E-state index is 1.10. The molecule has 0 spiro atoms.